The van der Waals surface area contributed by atoms with Crippen LogP contribution in [0.3, 0.4) is 0 Å². The molecule has 0 heterocycles. The number of hydrogen-bond acceptors (Lipinski definition) is 0. The fourth-order valence-electron chi connectivity index (χ4n) is 3.63. The molecule has 0 N–H and O–H groups in total. The van der Waals surface area contributed by atoms with Crippen LogP contribution in [0.5, 0.6) is 0 Å². The van der Waals surface area contributed by atoms with Gasteiger partial charge in [-0.25, -0.2) is 0 Å². The first-order valence-electron chi connectivity index (χ1n) is 9.76. The van der Waals surface area contributed by atoms with Crippen LogP contribution in [0, 0.1) is 0 Å². The van der Waals surface area contributed by atoms with Gasteiger partial charge in [0, 0.05) is 0 Å². The minimum Gasteiger partial charge on any atom is -0.103 e. The third-order valence-electron chi connectivity index (χ3n) is 5.72. The van der Waals surface area contributed by atoms with Crippen LogP contribution in [0.1, 0.15) is 12.8 Å². The highest BCUT2D eigenvalue weighted by molar-refractivity contribution is 6.91. The molecule has 0 spiro atoms. The van der Waals surface area contributed by atoms with E-state index < -0.39 is 16.1 Å². The van der Waals surface area contributed by atoms with Gasteiger partial charge >= 0.3 is 0 Å². The first-order chi connectivity index (χ1) is 12.4. The van der Waals surface area contributed by atoms with Crippen LogP contribution < -0.4 is 10.4 Å². The van der Waals surface area contributed by atoms with E-state index in [0.29, 0.717) is 5.54 Å². The maximum atomic E-state index is 4.15. The molecule has 0 aliphatic heterocycles. The molecule has 1 atom stereocenters. The number of benzene rings is 2. The van der Waals surface area contributed by atoms with E-state index in [1.165, 1.54) is 17.7 Å². The summed E-state index contributed by atoms with van der Waals surface area (Å²) in [5.74, 6) is 0. The van der Waals surface area contributed by atoms with Gasteiger partial charge in [-0.2, -0.15) is 0 Å². The van der Waals surface area contributed by atoms with Crippen LogP contribution in [0.2, 0.25) is 37.8 Å². The van der Waals surface area contributed by atoms with Crippen molar-refractivity contribution in [1.29, 1.82) is 0 Å². The molecule has 0 saturated carbocycles. The molecule has 0 fully saturated rings. The molecule has 0 amide bonds. The highest BCUT2D eigenvalue weighted by atomic mass is 28.3. The summed E-state index contributed by atoms with van der Waals surface area (Å²) in [7, 11) is -2.85. The Morgan fingerprint density at radius 2 is 1.35 bits per heavy atom. The van der Waals surface area contributed by atoms with Gasteiger partial charge in [-0.05, 0) is 24.4 Å². The fraction of sp³-hybridized carbons (Fsp3) is 0.333. The molecule has 0 aromatic heterocycles. The van der Waals surface area contributed by atoms with Crippen molar-refractivity contribution in [3.8, 4) is 0 Å². The second kappa shape index (κ2) is 9.34. The first kappa shape index (κ1) is 20.7. The molecule has 2 heteroatoms. The summed E-state index contributed by atoms with van der Waals surface area (Å²) in [4.78, 5) is 0. The Balaban J connectivity index is 1.91. The monoisotopic (exact) mass is 378 g/mol. The molecule has 0 saturated heterocycles. The molecule has 0 aliphatic rings. The standard InChI is InChI=1S/C24H34Si2/c1-6-22(26(4,5)24-19-12-8-13-20-24)16-14-9-15-21-25(2,3)23-17-10-7-11-18-23/h6-13,15,17-20,22H,1,14,16,21H2,2-5H3/b15-9-. The Morgan fingerprint density at radius 3 is 1.88 bits per heavy atom. The second-order valence-corrected chi connectivity index (χ2v) is 17.9. The largest absolute Gasteiger partial charge is 0.103 e. The van der Waals surface area contributed by atoms with Crippen molar-refractivity contribution in [2.45, 2.75) is 50.6 Å². The summed E-state index contributed by atoms with van der Waals surface area (Å²) >= 11 is 0. The predicted octanol–water partition coefficient (Wildman–Crippen LogP) is 6.11. The van der Waals surface area contributed by atoms with Gasteiger partial charge < -0.3 is 0 Å². The van der Waals surface area contributed by atoms with Gasteiger partial charge in [0.2, 0.25) is 0 Å². The predicted molar refractivity (Wildman–Crippen MR) is 124 cm³/mol. The minimum atomic E-state index is -1.50. The summed E-state index contributed by atoms with van der Waals surface area (Å²) in [6, 6.07) is 23.3. The SMILES string of the molecule is C=CC(CC/C=C\C[Si](C)(C)c1ccccc1)[Si](C)(C)c1ccccc1. The Bertz CT molecular complexity index is 700. The summed E-state index contributed by atoms with van der Waals surface area (Å²) in [5, 5.41) is 3.08. The lowest BCUT2D eigenvalue weighted by atomic mass is 10.2. The van der Waals surface area contributed by atoms with Crippen molar-refractivity contribution in [2.75, 3.05) is 0 Å². The lowest BCUT2D eigenvalue weighted by molar-refractivity contribution is 0.842. The third kappa shape index (κ3) is 5.42. The lowest BCUT2D eigenvalue weighted by Gasteiger charge is -2.30. The second-order valence-electron chi connectivity index (χ2n) is 8.43. The average Bonchev–Trinajstić information content (AvgIpc) is 2.66. The van der Waals surface area contributed by atoms with E-state index in [4.69, 9.17) is 0 Å². The van der Waals surface area contributed by atoms with Gasteiger partial charge in [0.25, 0.3) is 0 Å². The first-order valence-corrected chi connectivity index (χ1v) is 16.0. The van der Waals surface area contributed by atoms with E-state index in [9.17, 15) is 0 Å². The third-order valence-corrected chi connectivity index (χ3v) is 13.1. The van der Waals surface area contributed by atoms with Gasteiger partial charge in [0.05, 0.1) is 16.1 Å². The van der Waals surface area contributed by atoms with Gasteiger partial charge in [-0.1, -0.05) is 115 Å². The average molecular weight is 379 g/mol. The molecule has 0 bridgehead atoms. The Labute approximate surface area is 162 Å². The van der Waals surface area contributed by atoms with Crippen molar-refractivity contribution < 1.29 is 0 Å². The van der Waals surface area contributed by atoms with Crippen molar-refractivity contribution in [3.05, 3.63) is 85.5 Å². The van der Waals surface area contributed by atoms with E-state index >= 15 is 0 Å². The lowest BCUT2D eigenvalue weighted by Crippen LogP contribution is -2.45. The normalized spacial score (nSPS) is 13.7. The summed E-state index contributed by atoms with van der Waals surface area (Å²) in [6.45, 7) is 14.0. The molecular formula is C24H34Si2. The maximum Gasteiger partial charge on any atom is 0.0873 e. The fourth-order valence-corrected chi connectivity index (χ4v) is 8.68. The van der Waals surface area contributed by atoms with E-state index in [-0.39, 0.29) is 0 Å². The molecule has 0 aliphatic carbocycles. The molecule has 2 aromatic carbocycles. The van der Waals surface area contributed by atoms with E-state index in [1.807, 2.05) is 0 Å². The van der Waals surface area contributed by atoms with Crippen LogP contribution in [0.4, 0.5) is 0 Å². The zero-order chi connectivity index (χ0) is 19.0. The molecule has 1 unspecified atom stereocenters. The number of allylic oxidation sites excluding steroid dienone is 3. The zero-order valence-corrected chi connectivity index (χ0v) is 18.9. The zero-order valence-electron chi connectivity index (χ0n) is 16.9. The summed E-state index contributed by atoms with van der Waals surface area (Å²) in [5.41, 5.74) is 0.619. The number of rotatable bonds is 9. The molecule has 138 valence electrons. The van der Waals surface area contributed by atoms with Crippen LogP contribution >= 0.6 is 0 Å². The van der Waals surface area contributed by atoms with Gasteiger partial charge in [0.15, 0.2) is 0 Å². The maximum absolute atomic E-state index is 4.15. The van der Waals surface area contributed by atoms with Gasteiger partial charge in [-0.3, -0.25) is 0 Å². The van der Waals surface area contributed by atoms with Crippen LogP contribution in [-0.4, -0.2) is 16.1 Å². The topological polar surface area (TPSA) is 0 Å². The Morgan fingerprint density at radius 1 is 0.808 bits per heavy atom. The molecule has 0 radical (unpaired) electrons. The summed E-state index contributed by atoms with van der Waals surface area (Å²) in [6.07, 6.45) is 9.40. The molecule has 2 rings (SSSR count). The van der Waals surface area contributed by atoms with Crippen LogP contribution in [0.15, 0.2) is 85.5 Å². The van der Waals surface area contributed by atoms with Gasteiger partial charge in [0.1, 0.15) is 0 Å². The van der Waals surface area contributed by atoms with E-state index in [0.717, 1.165) is 6.42 Å². The molecule has 0 nitrogen and oxygen atoms in total. The summed E-state index contributed by atoms with van der Waals surface area (Å²) < 4.78 is 0. The number of hydrogen-bond donors (Lipinski definition) is 0. The molecule has 26 heavy (non-hydrogen) atoms. The van der Waals surface area contributed by atoms with E-state index in [2.05, 4.69) is 112 Å². The van der Waals surface area contributed by atoms with Crippen LogP contribution in [0.25, 0.3) is 0 Å². The van der Waals surface area contributed by atoms with Crippen molar-refractivity contribution in [2.24, 2.45) is 0 Å². The van der Waals surface area contributed by atoms with Crippen molar-refractivity contribution >= 4 is 26.5 Å². The van der Waals surface area contributed by atoms with Gasteiger partial charge in [-0.15, -0.1) is 6.58 Å². The smallest absolute Gasteiger partial charge is 0.0873 e. The van der Waals surface area contributed by atoms with Crippen molar-refractivity contribution in [1.82, 2.24) is 0 Å². The molecule has 2 aromatic rings. The quantitative estimate of drug-likeness (QED) is 0.365. The minimum absolute atomic E-state index is 0.619. The highest BCUT2D eigenvalue weighted by Crippen LogP contribution is 2.28. The van der Waals surface area contributed by atoms with Crippen molar-refractivity contribution in [3.63, 3.8) is 0 Å². The molecular weight excluding hydrogens is 344 g/mol. The van der Waals surface area contributed by atoms with E-state index in [1.54, 1.807) is 5.19 Å². The Hall–Kier alpha value is -1.65. The Kier molecular flexibility index (Phi) is 7.42. The van der Waals surface area contributed by atoms with Crippen LogP contribution in [-0.2, 0) is 0 Å². The highest BCUT2D eigenvalue weighted by Gasteiger charge is 2.30.